The summed E-state index contributed by atoms with van der Waals surface area (Å²) in [7, 11) is 0. The molecule has 0 fully saturated rings. The number of hydrogen-bond donors (Lipinski definition) is 0. The first kappa shape index (κ1) is 13.6. The van der Waals surface area contributed by atoms with Crippen LogP contribution in [0.2, 0.25) is 0 Å². The van der Waals surface area contributed by atoms with Crippen LogP contribution in [0.4, 0.5) is 0 Å². The number of rotatable bonds is 1. The third-order valence-electron chi connectivity index (χ3n) is 4.10. The number of carbonyl (C=O) groups excluding carboxylic acids is 1. The Balaban J connectivity index is 1.83. The second kappa shape index (κ2) is 4.99. The Morgan fingerprint density at radius 3 is 2.86 bits per heavy atom. The van der Waals surface area contributed by atoms with E-state index in [-0.39, 0.29) is 5.78 Å². The van der Waals surface area contributed by atoms with E-state index in [9.17, 15) is 4.79 Å². The Hall–Kier alpha value is -2.07. The number of benzene rings is 1. The number of aromatic nitrogens is 1. The van der Waals surface area contributed by atoms with E-state index >= 15 is 0 Å². The molecule has 2 aromatic rings. The van der Waals surface area contributed by atoms with Crippen molar-refractivity contribution in [2.45, 2.75) is 19.9 Å². The van der Waals surface area contributed by atoms with Crippen LogP contribution in [0.25, 0.3) is 6.08 Å². The molecule has 2 heterocycles. The van der Waals surface area contributed by atoms with Crippen LogP contribution in [0, 0.1) is 6.92 Å². The SMILES string of the molecule is Cc1cc(C2=NCc3cc4c(cc32)C=C(Br)C(=O)C4)ccn1. The lowest BCUT2D eigenvalue weighted by Gasteiger charge is -2.15. The molecular weight excluding hydrogens is 340 g/mol. The van der Waals surface area contributed by atoms with Crippen molar-refractivity contribution in [3.05, 3.63) is 68.5 Å². The summed E-state index contributed by atoms with van der Waals surface area (Å²) < 4.78 is 0.649. The van der Waals surface area contributed by atoms with Crippen molar-refractivity contribution in [3.8, 4) is 0 Å². The van der Waals surface area contributed by atoms with Crippen molar-refractivity contribution >= 4 is 33.5 Å². The average molecular weight is 353 g/mol. The third-order valence-corrected chi connectivity index (χ3v) is 4.77. The van der Waals surface area contributed by atoms with Crippen molar-refractivity contribution in [1.29, 1.82) is 0 Å². The average Bonchev–Trinajstić information content (AvgIpc) is 2.89. The van der Waals surface area contributed by atoms with E-state index in [1.807, 2.05) is 25.3 Å². The van der Waals surface area contributed by atoms with Gasteiger partial charge in [-0.1, -0.05) is 6.07 Å². The summed E-state index contributed by atoms with van der Waals surface area (Å²) in [5.74, 6) is 0.136. The molecule has 1 aromatic heterocycles. The highest BCUT2D eigenvalue weighted by molar-refractivity contribution is 9.12. The highest BCUT2D eigenvalue weighted by Gasteiger charge is 2.23. The predicted octanol–water partition coefficient (Wildman–Crippen LogP) is 3.60. The van der Waals surface area contributed by atoms with Gasteiger partial charge in [-0.15, -0.1) is 0 Å². The zero-order chi connectivity index (χ0) is 15.3. The molecule has 0 saturated carbocycles. The summed E-state index contributed by atoms with van der Waals surface area (Å²) in [5, 5.41) is 0. The first-order valence-corrected chi connectivity index (χ1v) is 7.95. The zero-order valence-corrected chi connectivity index (χ0v) is 13.6. The maximum absolute atomic E-state index is 11.8. The van der Waals surface area contributed by atoms with Gasteiger partial charge in [-0.05, 0) is 63.8 Å². The molecule has 1 aliphatic heterocycles. The fourth-order valence-electron chi connectivity index (χ4n) is 3.01. The summed E-state index contributed by atoms with van der Waals surface area (Å²) in [4.78, 5) is 20.8. The molecule has 4 heteroatoms. The highest BCUT2D eigenvalue weighted by Crippen LogP contribution is 2.31. The van der Waals surface area contributed by atoms with E-state index in [2.05, 4.69) is 39.1 Å². The van der Waals surface area contributed by atoms with Crippen LogP contribution < -0.4 is 0 Å². The molecule has 2 aliphatic rings. The molecule has 4 rings (SSSR count). The van der Waals surface area contributed by atoms with Crippen molar-refractivity contribution < 1.29 is 4.79 Å². The Labute approximate surface area is 136 Å². The number of carbonyl (C=O) groups is 1. The molecule has 0 amide bonds. The minimum absolute atomic E-state index is 0.136. The van der Waals surface area contributed by atoms with Crippen LogP contribution in [0.1, 0.15) is 33.5 Å². The molecular formula is C18H13BrN2O. The number of allylic oxidation sites excluding steroid dienone is 1. The van der Waals surface area contributed by atoms with E-state index in [1.165, 1.54) is 5.56 Å². The van der Waals surface area contributed by atoms with Crippen LogP contribution >= 0.6 is 15.9 Å². The number of Topliss-reactive ketones (excluding diaryl/α,β-unsaturated/α-hetero) is 1. The number of ketones is 1. The number of halogens is 1. The minimum Gasteiger partial charge on any atom is -0.293 e. The smallest absolute Gasteiger partial charge is 0.174 e. The zero-order valence-electron chi connectivity index (χ0n) is 12.1. The predicted molar refractivity (Wildman–Crippen MR) is 90.4 cm³/mol. The largest absolute Gasteiger partial charge is 0.293 e. The lowest BCUT2D eigenvalue weighted by Crippen LogP contribution is -2.11. The van der Waals surface area contributed by atoms with E-state index in [1.54, 1.807) is 0 Å². The molecule has 0 saturated heterocycles. The number of aliphatic imine (C=N–C) groups is 1. The standard InChI is InChI=1S/C18H13BrN2O/c1-10-4-11(2-3-20-10)18-15-6-13-7-16(19)17(22)8-12(13)5-14(15)9-21-18/h2-7H,8-9H2,1H3. The van der Waals surface area contributed by atoms with Gasteiger partial charge >= 0.3 is 0 Å². The maximum atomic E-state index is 11.8. The molecule has 0 spiro atoms. The molecule has 3 nitrogen and oxygen atoms in total. The van der Waals surface area contributed by atoms with Gasteiger partial charge < -0.3 is 0 Å². The quantitative estimate of drug-likeness (QED) is 0.786. The van der Waals surface area contributed by atoms with Gasteiger partial charge in [0.1, 0.15) is 0 Å². The van der Waals surface area contributed by atoms with Gasteiger partial charge in [0.2, 0.25) is 0 Å². The normalized spacial score (nSPS) is 16.0. The Kier molecular flexibility index (Phi) is 3.08. The van der Waals surface area contributed by atoms with Crippen LogP contribution in [0.3, 0.4) is 0 Å². The summed E-state index contributed by atoms with van der Waals surface area (Å²) in [6.07, 6.45) is 4.19. The molecule has 1 aliphatic carbocycles. The Bertz CT molecular complexity index is 881. The third kappa shape index (κ3) is 2.15. The fourth-order valence-corrected chi connectivity index (χ4v) is 3.40. The van der Waals surface area contributed by atoms with Crippen LogP contribution in [-0.4, -0.2) is 16.5 Å². The van der Waals surface area contributed by atoms with Gasteiger partial charge in [-0.2, -0.15) is 0 Å². The Morgan fingerprint density at radius 1 is 1.18 bits per heavy atom. The molecule has 0 radical (unpaired) electrons. The van der Waals surface area contributed by atoms with Crippen LogP contribution in [0.15, 0.2) is 39.9 Å². The van der Waals surface area contributed by atoms with Crippen molar-refractivity contribution in [2.24, 2.45) is 4.99 Å². The van der Waals surface area contributed by atoms with Gasteiger partial charge in [-0.25, -0.2) is 0 Å². The summed E-state index contributed by atoms with van der Waals surface area (Å²) >= 11 is 3.35. The van der Waals surface area contributed by atoms with E-state index < -0.39 is 0 Å². The lowest BCUT2D eigenvalue weighted by molar-refractivity contribution is -0.114. The van der Waals surface area contributed by atoms with Gasteiger partial charge in [0.25, 0.3) is 0 Å². The molecule has 0 N–H and O–H groups in total. The minimum atomic E-state index is 0.136. The van der Waals surface area contributed by atoms with E-state index in [0.717, 1.165) is 33.7 Å². The number of fused-ring (bicyclic) bond motifs is 2. The monoisotopic (exact) mass is 352 g/mol. The van der Waals surface area contributed by atoms with E-state index in [0.29, 0.717) is 17.4 Å². The number of nitrogens with zero attached hydrogens (tertiary/aromatic N) is 2. The molecule has 1 aromatic carbocycles. The van der Waals surface area contributed by atoms with Gasteiger partial charge in [0, 0.05) is 29.4 Å². The lowest BCUT2D eigenvalue weighted by atomic mass is 9.90. The summed E-state index contributed by atoms with van der Waals surface area (Å²) in [5.41, 5.74) is 7.66. The number of hydrogen-bond acceptors (Lipinski definition) is 3. The molecule has 0 unspecified atom stereocenters. The van der Waals surface area contributed by atoms with Crippen molar-refractivity contribution in [3.63, 3.8) is 0 Å². The highest BCUT2D eigenvalue weighted by atomic mass is 79.9. The van der Waals surface area contributed by atoms with E-state index in [4.69, 9.17) is 4.99 Å². The molecule has 22 heavy (non-hydrogen) atoms. The second-order valence-electron chi connectivity index (χ2n) is 5.65. The van der Waals surface area contributed by atoms with Gasteiger partial charge in [0.15, 0.2) is 5.78 Å². The first-order valence-electron chi connectivity index (χ1n) is 7.16. The van der Waals surface area contributed by atoms with Crippen molar-refractivity contribution in [2.75, 3.05) is 0 Å². The molecule has 0 bridgehead atoms. The van der Waals surface area contributed by atoms with Crippen molar-refractivity contribution in [1.82, 2.24) is 4.98 Å². The topological polar surface area (TPSA) is 42.3 Å². The number of aryl methyl sites for hydroxylation is 1. The van der Waals surface area contributed by atoms with Gasteiger partial charge in [-0.3, -0.25) is 14.8 Å². The summed E-state index contributed by atoms with van der Waals surface area (Å²) in [6, 6.07) is 8.33. The first-order chi connectivity index (χ1) is 10.6. The molecule has 108 valence electrons. The summed E-state index contributed by atoms with van der Waals surface area (Å²) in [6.45, 7) is 2.66. The van der Waals surface area contributed by atoms with Crippen LogP contribution in [-0.2, 0) is 17.8 Å². The second-order valence-corrected chi connectivity index (χ2v) is 6.51. The fraction of sp³-hybridized carbons (Fsp3) is 0.167. The van der Waals surface area contributed by atoms with Crippen LogP contribution in [0.5, 0.6) is 0 Å². The molecule has 0 atom stereocenters. The Morgan fingerprint density at radius 2 is 2.05 bits per heavy atom. The maximum Gasteiger partial charge on any atom is 0.174 e. The van der Waals surface area contributed by atoms with Gasteiger partial charge in [0.05, 0.1) is 16.7 Å². The number of pyridine rings is 1.